The first-order valence-electron chi connectivity index (χ1n) is 6.13. The van der Waals surface area contributed by atoms with Gasteiger partial charge >= 0.3 is 15.6 Å². The molecule has 0 amide bonds. The highest BCUT2D eigenvalue weighted by Crippen LogP contribution is 2.53. The van der Waals surface area contributed by atoms with Crippen LogP contribution in [-0.2, 0) is 14.3 Å². The summed E-state index contributed by atoms with van der Waals surface area (Å²) in [7, 11) is -5.66. The second-order valence-corrected chi connectivity index (χ2v) is 6.76. The molecule has 0 saturated heterocycles. The van der Waals surface area contributed by atoms with Gasteiger partial charge in [-0.3, -0.25) is 0 Å². The number of hydrogen-bond donors (Lipinski definition) is 0. The SMILES string of the molecule is C=C(C)C1=C(C(=C)OS(=O)(=O)C(F)(F)F)CC2CCC12. The third-order valence-corrected chi connectivity index (χ3v) is 4.86. The zero-order chi connectivity index (χ0) is 15.3. The molecule has 0 bridgehead atoms. The molecule has 0 aliphatic heterocycles. The van der Waals surface area contributed by atoms with Crippen LogP contribution in [0, 0.1) is 11.8 Å². The van der Waals surface area contributed by atoms with Crippen LogP contribution >= 0.6 is 0 Å². The minimum absolute atomic E-state index is 0.247. The van der Waals surface area contributed by atoms with Gasteiger partial charge in [0.05, 0.1) is 0 Å². The fourth-order valence-corrected chi connectivity index (χ4v) is 3.32. The molecule has 2 aliphatic carbocycles. The van der Waals surface area contributed by atoms with Crippen molar-refractivity contribution < 1.29 is 25.8 Å². The van der Waals surface area contributed by atoms with Crippen LogP contribution < -0.4 is 0 Å². The first-order valence-corrected chi connectivity index (χ1v) is 7.54. The average Bonchev–Trinajstić information content (AvgIpc) is 2.48. The molecule has 7 heteroatoms. The number of fused-ring (bicyclic) bond motifs is 1. The normalized spacial score (nSPS) is 26.0. The van der Waals surface area contributed by atoms with Gasteiger partial charge in [0, 0.05) is 0 Å². The standard InChI is InChI=1S/C13H15F3O3S/c1-7(2)12-10-5-4-9(10)6-11(12)8(3)19-20(17,18)13(14,15)16/h9-10H,1,3-6H2,2H3. The molecule has 0 radical (unpaired) electrons. The van der Waals surface area contributed by atoms with E-state index >= 15 is 0 Å². The number of rotatable bonds is 4. The molecule has 2 atom stereocenters. The molecule has 112 valence electrons. The Morgan fingerprint density at radius 1 is 1.30 bits per heavy atom. The second kappa shape index (κ2) is 4.65. The maximum atomic E-state index is 12.3. The maximum absolute atomic E-state index is 12.3. The van der Waals surface area contributed by atoms with Crippen LogP contribution in [0.1, 0.15) is 26.2 Å². The molecular weight excluding hydrogens is 293 g/mol. The topological polar surface area (TPSA) is 43.4 Å². The molecule has 0 heterocycles. The van der Waals surface area contributed by atoms with Gasteiger partial charge in [0.1, 0.15) is 5.76 Å². The molecule has 20 heavy (non-hydrogen) atoms. The molecular formula is C13H15F3O3S. The van der Waals surface area contributed by atoms with E-state index in [0.29, 0.717) is 17.9 Å². The number of halogens is 3. The van der Waals surface area contributed by atoms with Crippen molar-refractivity contribution in [3.8, 4) is 0 Å². The van der Waals surface area contributed by atoms with Crippen molar-refractivity contribution in [3.63, 3.8) is 0 Å². The first-order chi connectivity index (χ1) is 9.04. The van der Waals surface area contributed by atoms with Crippen molar-refractivity contribution in [3.05, 3.63) is 35.6 Å². The summed E-state index contributed by atoms with van der Waals surface area (Å²) in [6.07, 6.45) is 2.42. The summed E-state index contributed by atoms with van der Waals surface area (Å²) >= 11 is 0. The maximum Gasteiger partial charge on any atom is 0.534 e. The summed E-state index contributed by atoms with van der Waals surface area (Å²) in [6, 6.07) is 0. The van der Waals surface area contributed by atoms with Gasteiger partial charge in [0.15, 0.2) is 0 Å². The van der Waals surface area contributed by atoms with E-state index in [2.05, 4.69) is 17.3 Å². The van der Waals surface area contributed by atoms with E-state index in [1.807, 2.05) is 0 Å². The second-order valence-electron chi connectivity index (χ2n) is 5.23. The van der Waals surface area contributed by atoms with Crippen LogP contribution in [0.5, 0.6) is 0 Å². The van der Waals surface area contributed by atoms with Crippen molar-refractivity contribution in [1.82, 2.24) is 0 Å². The fourth-order valence-electron chi connectivity index (χ4n) is 2.86. The number of allylic oxidation sites excluding steroid dienone is 3. The van der Waals surface area contributed by atoms with Gasteiger partial charge in [0.25, 0.3) is 0 Å². The van der Waals surface area contributed by atoms with Crippen LogP contribution in [0.25, 0.3) is 0 Å². The van der Waals surface area contributed by atoms with Gasteiger partial charge in [-0.2, -0.15) is 21.6 Å². The van der Waals surface area contributed by atoms with Crippen LogP contribution in [-0.4, -0.2) is 13.9 Å². The molecule has 0 N–H and O–H groups in total. The molecule has 2 rings (SSSR count). The predicted molar refractivity (Wildman–Crippen MR) is 67.9 cm³/mol. The Bertz CT molecular complexity index is 599. The number of hydrogen-bond acceptors (Lipinski definition) is 3. The van der Waals surface area contributed by atoms with E-state index < -0.39 is 21.4 Å². The van der Waals surface area contributed by atoms with E-state index in [1.54, 1.807) is 6.92 Å². The third kappa shape index (κ3) is 2.39. The van der Waals surface area contributed by atoms with E-state index in [1.165, 1.54) is 0 Å². The van der Waals surface area contributed by atoms with E-state index in [9.17, 15) is 21.6 Å². The molecule has 1 fully saturated rings. The predicted octanol–water partition coefficient (Wildman–Crippen LogP) is 3.67. The average molecular weight is 308 g/mol. The first kappa shape index (κ1) is 15.2. The minimum Gasteiger partial charge on any atom is -0.376 e. The van der Waals surface area contributed by atoms with Gasteiger partial charge in [-0.1, -0.05) is 18.7 Å². The van der Waals surface area contributed by atoms with Crippen LogP contribution in [0.2, 0.25) is 0 Å². The zero-order valence-corrected chi connectivity index (χ0v) is 11.8. The lowest BCUT2D eigenvalue weighted by Gasteiger charge is -2.32. The molecule has 0 aromatic heterocycles. The molecule has 2 unspecified atom stereocenters. The Hall–Kier alpha value is -1.24. The molecule has 0 aromatic rings. The Morgan fingerprint density at radius 3 is 2.30 bits per heavy atom. The van der Waals surface area contributed by atoms with Crippen molar-refractivity contribution in [1.29, 1.82) is 0 Å². The largest absolute Gasteiger partial charge is 0.534 e. The lowest BCUT2D eigenvalue weighted by Crippen LogP contribution is -2.25. The summed E-state index contributed by atoms with van der Waals surface area (Å²) in [5.41, 5.74) is -3.46. The van der Waals surface area contributed by atoms with E-state index in [0.717, 1.165) is 24.0 Å². The van der Waals surface area contributed by atoms with Crippen molar-refractivity contribution in [2.75, 3.05) is 0 Å². The van der Waals surface area contributed by atoms with Gasteiger partial charge in [0.2, 0.25) is 0 Å². The highest BCUT2D eigenvalue weighted by atomic mass is 32.2. The lowest BCUT2D eigenvalue weighted by atomic mass is 9.72. The minimum atomic E-state index is -5.66. The highest BCUT2D eigenvalue weighted by Gasteiger charge is 2.50. The van der Waals surface area contributed by atoms with Crippen molar-refractivity contribution >= 4 is 10.1 Å². The zero-order valence-electron chi connectivity index (χ0n) is 11.0. The smallest absolute Gasteiger partial charge is 0.376 e. The summed E-state index contributed by atoms with van der Waals surface area (Å²) in [5, 5.41) is 0. The fraction of sp³-hybridized carbons (Fsp3) is 0.538. The molecule has 2 aliphatic rings. The van der Waals surface area contributed by atoms with Crippen molar-refractivity contribution in [2.45, 2.75) is 31.7 Å². The monoisotopic (exact) mass is 308 g/mol. The summed E-state index contributed by atoms with van der Waals surface area (Å²) < 4.78 is 63.1. The van der Waals surface area contributed by atoms with Gasteiger partial charge in [-0.25, -0.2) is 0 Å². The Morgan fingerprint density at radius 2 is 1.90 bits per heavy atom. The Labute approximate surface area is 115 Å². The van der Waals surface area contributed by atoms with Crippen LogP contribution in [0.3, 0.4) is 0 Å². The molecule has 3 nitrogen and oxygen atoms in total. The molecule has 0 spiro atoms. The van der Waals surface area contributed by atoms with Gasteiger partial charge < -0.3 is 4.18 Å². The summed E-state index contributed by atoms with van der Waals surface area (Å²) in [4.78, 5) is 0. The quantitative estimate of drug-likeness (QED) is 0.452. The Kier molecular flexibility index (Phi) is 3.52. The summed E-state index contributed by atoms with van der Waals surface area (Å²) in [5.74, 6) is 0.150. The Balaban J connectivity index is 2.27. The van der Waals surface area contributed by atoms with Crippen LogP contribution in [0.15, 0.2) is 35.6 Å². The van der Waals surface area contributed by atoms with Gasteiger partial charge in [-0.05, 0) is 49.2 Å². The molecule has 0 aromatic carbocycles. The van der Waals surface area contributed by atoms with Crippen LogP contribution in [0.4, 0.5) is 13.2 Å². The number of alkyl halides is 3. The molecule has 1 saturated carbocycles. The highest BCUT2D eigenvalue weighted by molar-refractivity contribution is 7.87. The third-order valence-electron chi connectivity index (χ3n) is 3.87. The van der Waals surface area contributed by atoms with E-state index in [4.69, 9.17) is 0 Å². The summed E-state index contributed by atoms with van der Waals surface area (Å²) in [6.45, 7) is 8.92. The van der Waals surface area contributed by atoms with E-state index in [-0.39, 0.29) is 5.92 Å². The lowest BCUT2D eigenvalue weighted by molar-refractivity contribution is -0.0520. The van der Waals surface area contributed by atoms with Gasteiger partial charge in [-0.15, -0.1) is 0 Å². The van der Waals surface area contributed by atoms with Crippen molar-refractivity contribution in [2.24, 2.45) is 11.8 Å².